The monoisotopic (exact) mass is 523 g/mol. The smallest absolute Gasteiger partial charge is 0.294 e. The number of carbonyl (C=O) groups excluding carboxylic acids is 1. The first-order valence-electron chi connectivity index (χ1n) is 10.7. The molecule has 2 aliphatic rings. The van der Waals surface area contributed by atoms with Crippen LogP contribution in [0.5, 0.6) is 0 Å². The molecule has 33 heavy (non-hydrogen) atoms. The van der Waals surface area contributed by atoms with E-state index in [4.69, 9.17) is 13.9 Å². The number of hydrogen-bond donors (Lipinski definition) is 2. The Hall–Kier alpha value is -2.54. The summed E-state index contributed by atoms with van der Waals surface area (Å²) in [5.41, 5.74) is 0.231. The average molecular weight is 524 g/mol. The molecular weight excluding hydrogens is 498 g/mol. The van der Waals surface area contributed by atoms with E-state index in [2.05, 4.69) is 31.5 Å². The minimum atomic E-state index is -0.487. The number of ether oxygens (including phenoxy) is 2. The van der Waals surface area contributed by atoms with Crippen LogP contribution in [0.2, 0.25) is 0 Å². The number of amides is 1. The van der Waals surface area contributed by atoms with Gasteiger partial charge in [-0.1, -0.05) is 15.9 Å². The highest BCUT2D eigenvalue weighted by molar-refractivity contribution is 9.10. The van der Waals surface area contributed by atoms with Gasteiger partial charge in [-0.25, -0.2) is 4.98 Å². The molecule has 1 amide bonds. The van der Waals surface area contributed by atoms with Gasteiger partial charge in [-0.05, 0) is 19.9 Å². The average Bonchev–Trinajstić information content (AvgIpc) is 3.43. The van der Waals surface area contributed by atoms with Gasteiger partial charge in [0.2, 0.25) is 5.89 Å². The summed E-state index contributed by atoms with van der Waals surface area (Å²) in [6.07, 6.45) is 2.47. The van der Waals surface area contributed by atoms with Crippen LogP contribution < -0.4 is 10.6 Å². The molecule has 0 bridgehead atoms. The number of carbonyl (C=O) groups is 1. The molecule has 1 aromatic heterocycles. The normalized spacial score (nSPS) is 25.2. The van der Waals surface area contributed by atoms with E-state index in [0.29, 0.717) is 36.5 Å². The zero-order valence-corrected chi connectivity index (χ0v) is 19.9. The van der Waals surface area contributed by atoms with Gasteiger partial charge < -0.3 is 29.4 Å². The van der Waals surface area contributed by atoms with E-state index in [1.807, 2.05) is 13.8 Å². The first-order valence-corrected chi connectivity index (χ1v) is 11.5. The Kier molecular flexibility index (Phi) is 7.27. The number of nitro benzene ring substituents is 1. The van der Waals surface area contributed by atoms with E-state index < -0.39 is 4.92 Å². The molecule has 4 atom stereocenters. The Bertz CT molecular complexity index is 993. The van der Waals surface area contributed by atoms with Gasteiger partial charge in [-0.15, -0.1) is 0 Å². The molecule has 12 heteroatoms. The fraction of sp³-hybridized carbons (Fsp3) is 0.524. The molecule has 0 aliphatic carbocycles. The Labute approximate surface area is 199 Å². The molecule has 11 nitrogen and oxygen atoms in total. The van der Waals surface area contributed by atoms with Crippen molar-refractivity contribution in [3.8, 4) is 0 Å². The molecule has 0 radical (unpaired) electrons. The van der Waals surface area contributed by atoms with Crippen molar-refractivity contribution >= 4 is 33.2 Å². The van der Waals surface area contributed by atoms with E-state index in [-0.39, 0.29) is 53.8 Å². The third-order valence-corrected chi connectivity index (χ3v) is 6.07. The summed E-state index contributed by atoms with van der Waals surface area (Å²) in [4.78, 5) is 30.6. The van der Waals surface area contributed by atoms with Gasteiger partial charge in [0.1, 0.15) is 18.6 Å². The van der Waals surface area contributed by atoms with Crippen molar-refractivity contribution < 1.29 is 23.6 Å². The number of halogens is 1. The van der Waals surface area contributed by atoms with Gasteiger partial charge in [0.15, 0.2) is 0 Å². The summed E-state index contributed by atoms with van der Waals surface area (Å²) in [7, 11) is 0. The SMILES string of the molecule is C[C@@H]1CN(C(=O)c2cc(Br)cc([N+](=O)[O-])c2N[C@H]2CNC[C@@H]2OCc2ncco2)C[C@H](C)O1. The molecule has 0 spiro atoms. The maximum absolute atomic E-state index is 13.5. The Morgan fingerprint density at radius 3 is 2.79 bits per heavy atom. The van der Waals surface area contributed by atoms with Crippen molar-refractivity contribution in [1.82, 2.24) is 15.2 Å². The van der Waals surface area contributed by atoms with Gasteiger partial charge in [0, 0.05) is 36.7 Å². The number of nitrogens with zero attached hydrogens (tertiary/aromatic N) is 3. The predicted molar refractivity (Wildman–Crippen MR) is 122 cm³/mol. The topological polar surface area (TPSA) is 132 Å². The summed E-state index contributed by atoms with van der Waals surface area (Å²) in [5.74, 6) is 0.161. The molecule has 0 unspecified atom stereocenters. The van der Waals surface area contributed by atoms with Crippen LogP contribution >= 0.6 is 15.9 Å². The Morgan fingerprint density at radius 2 is 2.12 bits per heavy atom. The van der Waals surface area contributed by atoms with E-state index >= 15 is 0 Å². The number of oxazole rings is 1. The van der Waals surface area contributed by atoms with Crippen molar-refractivity contribution in [3.63, 3.8) is 0 Å². The molecule has 2 saturated heterocycles. The molecule has 4 rings (SSSR count). The van der Waals surface area contributed by atoms with E-state index in [0.717, 1.165) is 0 Å². The first kappa shape index (κ1) is 23.6. The number of nitrogens with one attached hydrogen (secondary N) is 2. The first-order chi connectivity index (χ1) is 15.8. The summed E-state index contributed by atoms with van der Waals surface area (Å²) in [6.45, 7) is 5.87. The molecule has 2 aliphatic heterocycles. The minimum Gasteiger partial charge on any atom is -0.446 e. The van der Waals surface area contributed by atoms with Crippen LogP contribution in [0.4, 0.5) is 11.4 Å². The summed E-state index contributed by atoms with van der Waals surface area (Å²) in [5, 5.41) is 18.4. The Balaban J connectivity index is 1.60. The number of benzene rings is 1. The predicted octanol–water partition coefficient (Wildman–Crippen LogP) is 2.56. The van der Waals surface area contributed by atoms with E-state index in [9.17, 15) is 14.9 Å². The largest absolute Gasteiger partial charge is 0.446 e. The second-order valence-electron chi connectivity index (χ2n) is 8.26. The van der Waals surface area contributed by atoms with Crippen molar-refractivity contribution in [2.75, 3.05) is 31.5 Å². The number of rotatable bonds is 7. The summed E-state index contributed by atoms with van der Waals surface area (Å²) in [6, 6.07) is 2.72. The van der Waals surface area contributed by atoms with E-state index in [1.165, 1.54) is 18.5 Å². The summed E-state index contributed by atoms with van der Waals surface area (Å²) < 4.78 is 17.3. The van der Waals surface area contributed by atoms with E-state index in [1.54, 1.807) is 11.0 Å². The number of nitro groups is 1. The van der Waals surface area contributed by atoms with Crippen LogP contribution in [0.1, 0.15) is 30.1 Å². The van der Waals surface area contributed by atoms with Gasteiger partial charge in [0.05, 0.1) is 41.0 Å². The van der Waals surface area contributed by atoms with Crippen LogP contribution in [0.25, 0.3) is 0 Å². The summed E-state index contributed by atoms with van der Waals surface area (Å²) >= 11 is 3.32. The zero-order chi connectivity index (χ0) is 23.5. The fourth-order valence-electron chi connectivity index (χ4n) is 4.23. The van der Waals surface area contributed by atoms with Crippen LogP contribution in [0.3, 0.4) is 0 Å². The number of aromatic nitrogens is 1. The minimum absolute atomic E-state index is 0.122. The third-order valence-electron chi connectivity index (χ3n) is 5.61. The van der Waals surface area contributed by atoms with Crippen LogP contribution in [-0.2, 0) is 16.1 Å². The number of morpholine rings is 1. The molecule has 178 valence electrons. The number of hydrogen-bond acceptors (Lipinski definition) is 9. The quantitative estimate of drug-likeness (QED) is 0.414. The van der Waals surface area contributed by atoms with Crippen molar-refractivity contribution in [2.45, 2.75) is 44.8 Å². The maximum Gasteiger partial charge on any atom is 0.294 e. The zero-order valence-electron chi connectivity index (χ0n) is 18.3. The van der Waals surface area contributed by atoms with Crippen LogP contribution in [0, 0.1) is 10.1 Å². The molecule has 2 fully saturated rings. The van der Waals surface area contributed by atoms with Crippen molar-refractivity contribution in [3.05, 3.63) is 50.6 Å². The third kappa shape index (κ3) is 5.52. The molecule has 3 heterocycles. The molecule has 2 aromatic rings. The second-order valence-corrected chi connectivity index (χ2v) is 9.17. The maximum atomic E-state index is 13.5. The lowest BCUT2D eigenvalue weighted by Crippen LogP contribution is -2.48. The van der Waals surface area contributed by atoms with Crippen molar-refractivity contribution in [2.24, 2.45) is 0 Å². The lowest BCUT2D eigenvalue weighted by molar-refractivity contribution is -0.384. The lowest BCUT2D eigenvalue weighted by atomic mass is 10.1. The molecule has 2 N–H and O–H groups in total. The Morgan fingerprint density at radius 1 is 1.36 bits per heavy atom. The fourth-order valence-corrected chi connectivity index (χ4v) is 4.68. The number of anilines is 1. The van der Waals surface area contributed by atoms with Crippen LogP contribution in [-0.4, -0.2) is 71.2 Å². The molecular formula is C21H26BrN5O6. The van der Waals surface area contributed by atoms with Crippen molar-refractivity contribution in [1.29, 1.82) is 0 Å². The van der Waals surface area contributed by atoms with Crippen LogP contribution in [0.15, 0.2) is 33.5 Å². The standard InChI is InChI=1S/C21H26BrN5O6/c1-12-9-26(10-13(2)33-12)21(28)15-5-14(22)6-17(27(29)30)20(15)25-16-7-23-8-18(16)32-11-19-24-3-4-31-19/h3-6,12-13,16,18,23,25H,7-11H2,1-2H3/t12-,13+,16-,18-/m0/s1. The highest BCUT2D eigenvalue weighted by atomic mass is 79.9. The van der Waals surface area contributed by atoms with Gasteiger partial charge >= 0.3 is 0 Å². The van der Waals surface area contributed by atoms with Gasteiger partial charge in [-0.3, -0.25) is 14.9 Å². The molecule has 0 saturated carbocycles. The van der Waals surface area contributed by atoms with Gasteiger partial charge in [0.25, 0.3) is 11.6 Å². The highest BCUT2D eigenvalue weighted by Crippen LogP contribution is 2.35. The lowest BCUT2D eigenvalue weighted by Gasteiger charge is -2.35. The highest BCUT2D eigenvalue weighted by Gasteiger charge is 2.35. The second kappa shape index (κ2) is 10.2. The van der Waals surface area contributed by atoms with Gasteiger partial charge in [-0.2, -0.15) is 0 Å². The molecule has 1 aromatic carbocycles.